The molecule has 0 amide bonds. The molecule has 0 aliphatic carbocycles. The maximum atomic E-state index is 4.44. The number of nitrogens with zero attached hydrogens (tertiary/aromatic N) is 2. The van der Waals surface area contributed by atoms with Crippen molar-refractivity contribution in [3.8, 4) is 0 Å². The van der Waals surface area contributed by atoms with Crippen molar-refractivity contribution in [2.45, 2.75) is 38.6 Å². The van der Waals surface area contributed by atoms with E-state index in [4.69, 9.17) is 0 Å². The largest absolute Gasteiger partial charge is 0.315 e. The van der Waals surface area contributed by atoms with Gasteiger partial charge in [0.1, 0.15) is 0 Å². The summed E-state index contributed by atoms with van der Waals surface area (Å²) in [5, 5.41) is 7.82. The molecule has 1 N–H and O–H groups in total. The summed E-state index contributed by atoms with van der Waals surface area (Å²) in [7, 11) is 0. The first kappa shape index (κ1) is 9.71. The van der Waals surface area contributed by atoms with E-state index in [0.717, 1.165) is 13.1 Å². The zero-order valence-electron chi connectivity index (χ0n) is 9.25. The summed E-state index contributed by atoms with van der Waals surface area (Å²) in [6.07, 6.45) is 3.11. The Labute approximate surface area is 85.5 Å². The minimum atomic E-state index is 0.194. The van der Waals surface area contributed by atoms with E-state index in [1.54, 1.807) is 0 Å². The molecule has 1 unspecified atom stereocenters. The summed E-state index contributed by atoms with van der Waals surface area (Å²) in [6, 6.07) is 2.69. The van der Waals surface area contributed by atoms with Gasteiger partial charge in [-0.3, -0.25) is 4.68 Å². The zero-order valence-corrected chi connectivity index (χ0v) is 9.25. The molecule has 1 aliphatic rings. The van der Waals surface area contributed by atoms with Crippen LogP contribution in [0, 0.1) is 0 Å². The van der Waals surface area contributed by atoms with Gasteiger partial charge in [-0.25, -0.2) is 0 Å². The molecule has 1 saturated heterocycles. The van der Waals surface area contributed by atoms with Gasteiger partial charge in [0, 0.05) is 23.9 Å². The molecule has 2 rings (SSSR count). The van der Waals surface area contributed by atoms with Crippen LogP contribution in [0.25, 0.3) is 0 Å². The summed E-state index contributed by atoms with van der Waals surface area (Å²) in [6.45, 7) is 8.90. The Morgan fingerprint density at radius 3 is 2.86 bits per heavy atom. The first-order valence-corrected chi connectivity index (χ1v) is 5.34. The SMILES string of the molecule is CC(C)(C)c1ccnn1C1CCNC1. The normalized spacial score (nSPS) is 22.9. The van der Waals surface area contributed by atoms with Crippen molar-refractivity contribution in [3.05, 3.63) is 18.0 Å². The maximum Gasteiger partial charge on any atom is 0.0659 e. The molecule has 3 nitrogen and oxygen atoms in total. The number of rotatable bonds is 1. The van der Waals surface area contributed by atoms with Crippen LogP contribution in [0.4, 0.5) is 0 Å². The highest BCUT2D eigenvalue weighted by Gasteiger charge is 2.24. The van der Waals surface area contributed by atoms with Gasteiger partial charge in [0.25, 0.3) is 0 Å². The van der Waals surface area contributed by atoms with Crippen molar-refractivity contribution in [2.75, 3.05) is 13.1 Å². The number of hydrogen-bond donors (Lipinski definition) is 1. The average molecular weight is 193 g/mol. The number of aromatic nitrogens is 2. The molecule has 1 atom stereocenters. The van der Waals surface area contributed by atoms with Crippen molar-refractivity contribution >= 4 is 0 Å². The fourth-order valence-corrected chi connectivity index (χ4v) is 2.05. The van der Waals surface area contributed by atoms with Crippen LogP contribution in [0.15, 0.2) is 12.3 Å². The Morgan fingerprint density at radius 1 is 1.50 bits per heavy atom. The van der Waals surface area contributed by atoms with E-state index in [9.17, 15) is 0 Å². The van der Waals surface area contributed by atoms with Gasteiger partial charge in [-0.1, -0.05) is 20.8 Å². The van der Waals surface area contributed by atoms with Gasteiger partial charge in [-0.2, -0.15) is 5.10 Å². The second kappa shape index (κ2) is 3.39. The smallest absolute Gasteiger partial charge is 0.0659 e. The van der Waals surface area contributed by atoms with E-state index in [2.05, 4.69) is 41.9 Å². The quantitative estimate of drug-likeness (QED) is 0.736. The van der Waals surface area contributed by atoms with E-state index in [1.165, 1.54) is 12.1 Å². The Hall–Kier alpha value is -0.830. The molecule has 2 heterocycles. The van der Waals surface area contributed by atoms with Crippen LogP contribution in [0.3, 0.4) is 0 Å². The summed E-state index contributed by atoms with van der Waals surface area (Å²) in [4.78, 5) is 0. The predicted octanol–water partition coefficient (Wildman–Crippen LogP) is 1.71. The standard InChI is InChI=1S/C11H19N3/c1-11(2,3)10-5-7-13-14(10)9-4-6-12-8-9/h5,7,9,12H,4,6,8H2,1-3H3. The van der Waals surface area contributed by atoms with Gasteiger partial charge < -0.3 is 5.32 Å². The second-order valence-electron chi connectivity index (χ2n) is 5.06. The lowest BCUT2D eigenvalue weighted by Crippen LogP contribution is -2.23. The molecule has 14 heavy (non-hydrogen) atoms. The Bertz CT molecular complexity index is 303. The van der Waals surface area contributed by atoms with Crippen LogP contribution in [-0.4, -0.2) is 22.9 Å². The van der Waals surface area contributed by atoms with Crippen molar-refractivity contribution in [2.24, 2.45) is 0 Å². The Kier molecular flexibility index (Phi) is 2.35. The fraction of sp³-hybridized carbons (Fsp3) is 0.727. The van der Waals surface area contributed by atoms with Crippen LogP contribution >= 0.6 is 0 Å². The second-order valence-corrected chi connectivity index (χ2v) is 5.06. The molecule has 1 aromatic rings. The van der Waals surface area contributed by atoms with Crippen LogP contribution < -0.4 is 5.32 Å². The molecule has 1 fully saturated rings. The van der Waals surface area contributed by atoms with Crippen molar-refractivity contribution in [1.82, 2.24) is 15.1 Å². The molecule has 0 bridgehead atoms. The molecular formula is C11H19N3. The summed E-state index contributed by atoms with van der Waals surface area (Å²) in [5.74, 6) is 0. The predicted molar refractivity (Wildman–Crippen MR) is 57.5 cm³/mol. The summed E-state index contributed by atoms with van der Waals surface area (Å²) < 4.78 is 2.19. The van der Waals surface area contributed by atoms with E-state index < -0.39 is 0 Å². The summed E-state index contributed by atoms with van der Waals surface area (Å²) in [5.41, 5.74) is 1.53. The highest BCUT2D eigenvalue weighted by Crippen LogP contribution is 2.26. The molecule has 0 radical (unpaired) electrons. The summed E-state index contributed by atoms with van der Waals surface area (Å²) >= 11 is 0. The molecular weight excluding hydrogens is 174 g/mol. The third kappa shape index (κ3) is 1.69. The minimum absolute atomic E-state index is 0.194. The highest BCUT2D eigenvalue weighted by molar-refractivity contribution is 5.13. The molecule has 3 heteroatoms. The number of nitrogens with one attached hydrogen (secondary N) is 1. The first-order valence-electron chi connectivity index (χ1n) is 5.34. The fourth-order valence-electron chi connectivity index (χ4n) is 2.05. The van der Waals surface area contributed by atoms with Gasteiger partial charge in [0.05, 0.1) is 6.04 Å². The molecule has 78 valence electrons. The van der Waals surface area contributed by atoms with Crippen LogP contribution in [0.1, 0.15) is 38.9 Å². The zero-order chi connectivity index (χ0) is 10.2. The van der Waals surface area contributed by atoms with Gasteiger partial charge >= 0.3 is 0 Å². The maximum absolute atomic E-state index is 4.44. The molecule has 1 aliphatic heterocycles. The molecule has 0 spiro atoms. The molecule has 0 saturated carbocycles. The third-order valence-electron chi connectivity index (χ3n) is 2.82. The topological polar surface area (TPSA) is 29.9 Å². The van der Waals surface area contributed by atoms with Gasteiger partial charge in [-0.15, -0.1) is 0 Å². The molecule has 0 aromatic carbocycles. The van der Waals surface area contributed by atoms with E-state index in [0.29, 0.717) is 6.04 Å². The first-order chi connectivity index (χ1) is 6.59. The highest BCUT2D eigenvalue weighted by atomic mass is 15.3. The van der Waals surface area contributed by atoms with Crippen molar-refractivity contribution in [1.29, 1.82) is 0 Å². The van der Waals surface area contributed by atoms with Gasteiger partial charge in [0.15, 0.2) is 0 Å². The van der Waals surface area contributed by atoms with Gasteiger partial charge in [0.2, 0.25) is 0 Å². The van der Waals surface area contributed by atoms with Crippen molar-refractivity contribution in [3.63, 3.8) is 0 Å². The third-order valence-corrected chi connectivity index (χ3v) is 2.82. The Morgan fingerprint density at radius 2 is 2.29 bits per heavy atom. The lowest BCUT2D eigenvalue weighted by Gasteiger charge is -2.23. The van der Waals surface area contributed by atoms with E-state index >= 15 is 0 Å². The van der Waals surface area contributed by atoms with Crippen LogP contribution in [0.2, 0.25) is 0 Å². The minimum Gasteiger partial charge on any atom is -0.315 e. The number of hydrogen-bond acceptors (Lipinski definition) is 2. The van der Waals surface area contributed by atoms with Crippen LogP contribution in [-0.2, 0) is 5.41 Å². The van der Waals surface area contributed by atoms with E-state index in [1.807, 2.05) is 6.20 Å². The lowest BCUT2D eigenvalue weighted by molar-refractivity contribution is 0.424. The van der Waals surface area contributed by atoms with E-state index in [-0.39, 0.29) is 5.41 Å². The van der Waals surface area contributed by atoms with Crippen molar-refractivity contribution < 1.29 is 0 Å². The average Bonchev–Trinajstić information content (AvgIpc) is 2.73. The van der Waals surface area contributed by atoms with Gasteiger partial charge in [-0.05, 0) is 19.0 Å². The lowest BCUT2D eigenvalue weighted by atomic mass is 9.92. The van der Waals surface area contributed by atoms with Crippen LogP contribution in [0.5, 0.6) is 0 Å². The monoisotopic (exact) mass is 193 g/mol. The molecule has 1 aromatic heterocycles. The Balaban J connectivity index is 2.29.